The second-order valence-corrected chi connectivity index (χ2v) is 6.26. The van der Waals surface area contributed by atoms with E-state index in [0.29, 0.717) is 0 Å². The third-order valence-corrected chi connectivity index (χ3v) is 4.60. The summed E-state index contributed by atoms with van der Waals surface area (Å²) in [6.07, 6.45) is 0. The summed E-state index contributed by atoms with van der Waals surface area (Å²) in [5.41, 5.74) is -1.03. The number of phenolic OH excluding ortho intramolecular Hbond substituents is 1. The van der Waals surface area contributed by atoms with Gasteiger partial charge in [0.25, 0.3) is 5.69 Å². The van der Waals surface area contributed by atoms with Crippen molar-refractivity contribution < 1.29 is 19.6 Å². The number of carbonyl (C=O) groups is 2. The van der Waals surface area contributed by atoms with Gasteiger partial charge in [-0.2, -0.15) is 0 Å². The number of benzene rings is 2. The Balaban J connectivity index is 2.43. The van der Waals surface area contributed by atoms with Crippen molar-refractivity contribution in [3.05, 3.63) is 65.6 Å². The summed E-state index contributed by atoms with van der Waals surface area (Å²) >= 11 is 6.26. The molecule has 0 aliphatic heterocycles. The Hall–Kier alpha value is -2.06. The Kier molecular flexibility index (Phi) is 3.37. The maximum atomic E-state index is 12.7. The van der Waals surface area contributed by atoms with E-state index in [1.807, 2.05) is 0 Å². The highest BCUT2D eigenvalue weighted by Gasteiger charge is 2.39. The highest BCUT2D eigenvalue weighted by Crippen LogP contribution is 2.42. The van der Waals surface area contributed by atoms with Gasteiger partial charge in [0.1, 0.15) is 11.3 Å². The minimum absolute atomic E-state index is 0.0764. The number of carbonyl (C=O) groups excluding carboxylic acids is 2. The Morgan fingerprint density at radius 2 is 1.68 bits per heavy atom. The number of hydrogen-bond donors (Lipinski definition) is 1. The Morgan fingerprint density at radius 3 is 2.32 bits per heavy atom. The van der Waals surface area contributed by atoms with E-state index in [9.17, 15) is 24.8 Å². The molecule has 0 aromatic heterocycles. The van der Waals surface area contributed by atoms with Crippen LogP contribution in [-0.2, 0) is 0 Å². The first-order chi connectivity index (χ1) is 10.3. The number of ketones is 2. The van der Waals surface area contributed by atoms with Gasteiger partial charge in [0, 0.05) is 16.1 Å². The molecule has 0 radical (unpaired) electrons. The smallest absolute Gasteiger partial charge is 0.281 e. The van der Waals surface area contributed by atoms with Crippen molar-refractivity contribution in [3.8, 4) is 5.75 Å². The molecule has 1 N–H and O–H groups in total. The predicted molar refractivity (Wildman–Crippen MR) is 83.5 cm³/mol. The topological polar surface area (TPSA) is 97.5 Å². The number of nitro groups is 1. The second-order valence-electron chi connectivity index (χ2n) is 4.55. The van der Waals surface area contributed by atoms with Crippen molar-refractivity contribution in [3.63, 3.8) is 0 Å². The minimum atomic E-state index is -0.707. The van der Waals surface area contributed by atoms with Gasteiger partial charge in [0.2, 0.25) is 5.78 Å². The molecule has 0 heterocycles. The van der Waals surface area contributed by atoms with Crippen molar-refractivity contribution in [1.29, 1.82) is 0 Å². The molecule has 0 saturated carbocycles. The van der Waals surface area contributed by atoms with E-state index in [-0.39, 0.29) is 36.9 Å². The van der Waals surface area contributed by atoms with Gasteiger partial charge in [-0.3, -0.25) is 19.7 Å². The molecule has 1 aliphatic carbocycles. The zero-order valence-corrected chi connectivity index (χ0v) is 13.8. The largest absolute Gasteiger partial charge is 0.506 e. The number of aromatic hydroxyl groups is 1. The number of nitrogens with zero attached hydrogens (tertiary/aromatic N) is 1. The first kappa shape index (κ1) is 14.9. The fourth-order valence-electron chi connectivity index (χ4n) is 2.43. The summed E-state index contributed by atoms with van der Waals surface area (Å²) < 4.78 is 0.516. The molecule has 2 aromatic rings. The molecule has 0 amide bonds. The van der Waals surface area contributed by atoms with E-state index in [1.54, 1.807) is 0 Å². The highest BCUT2D eigenvalue weighted by molar-refractivity contribution is 9.11. The van der Waals surface area contributed by atoms with Gasteiger partial charge < -0.3 is 5.11 Å². The van der Waals surface area contributed by atoms with Crippen molar-refractivity contribution in [1.82, 2.24) is 0 Å². The molecule has 6 nitrogen and oxygen atoms in total. The summed E-state index contributed by atoms with van der Waals surface area (Å²) in [5, 5.41) is 21.2. The van der Waals surface area contributed by atoms with Gasteiger partial charge in [-0.15, -0.1) is 0 Å². The van der Waals surface area contributed by atoms with Crippen molar-refractivity contribution in [2.75, 3.05) is 0 Å². The highest BCUT2D eigenvalue weighted by atomic mass is 79.9. The molecule has 110 valence electrons. The lowest BCUT2D eigenvalue weighted by Crippen LogP contribution is -2.23. The molecule has 1 aliphatic rings. The van der Waals surface area contributed by atoms with Gasteiger partial charge in [0.05, 0.1) is 20.5 Å². The molecule has 0 unspecified atom stereocenters. The molecule has 3 rings (SSSR count). The van der Waals surface area contributed by atoms with Crippen molar-refractivity contribution in [2.24, 2.45) is 0 Å². The van der Waals surface area contributed by atoms with E-state index >= 15 is 0 Å². The Bertz CT molecular complexity index is 891. The summed E-state index contributed by atoms with van der Waals surface area (Å²) in [7, 11) is 0. The average molecular weight is 427 g/mol. The van der Waals surface area contributed by atoms with Gasteiger partial charge in [-0.05, 0) is 44.0 Å². The third-order valence-electron chi connectivity index (χ3n) is 3.37. The Labute approximate surface area is 140 Å². The van der Waals surface area contributed by atoms with Gasteiger partial charge in [0.15, 0.2) is 5.78 Å². The number of phenols is 1. The molecule has 0 bridgehead atoms. The number of fused-ring (bicyclic) bond motifs is 2. The quantitative estimate of drug-likeness (QED) is 0.473. The molecule has 0 atom stereocenters. The fraction of sp³-hybridized carbons (Fsp3) is 0. The van der Waals surface area contributed by atoms with E-state index in [0.717, 1.165) is 0 Å². The molecular weight excluding hydrogens is 422 g/mol. The zero-order chi connectivity index (χ0) is 16.2. The van der Waals surface area contributed by atoms with Crippen LogP contribution in [0.3, 0.4) is 0 Å². The van der Waals surface area contributed by atoms with Gasteiger partial charge in [-0.1, -0.05) is 6.07 Å². The Morgan fingerprint density at radius 1 is 1.00 bits per heavy atom. The molecule has 22 heavy (non-hydrogen) atoms. The van der Waals surface area contributed by atoms with Crippen LogP contribution in [0.4, 0.5) is 5.69 Å². The van der Waals surface area contributed by atoms with Crippen LogP contribution in [0.2, 0.25) is 0 Å². The molecule has 0 fully saturated rings. The van der Waals surface area contributed by atoms with E-state index < -0.39 is 22.2 Å². The number of rotatable bonds is 1. The van der Waals surface area contributed by atoms with E-state index in [4.69, 9.17) is 0 Å². The molecule has 0 saturated heterocycles. The van der Waals surface area contributed by atoms with Gasteiger partial charge >= 0.3 is 0 Å². The van der Waals surface area contributed by atoms with Crippen LogP contribution < -0.4 is 0 Å². The van der Waals surface area contributed by atoms with Gasteiger partial charge in [-0.25, -0.2) is 0 Å². The number of halogens is 2. The van der Waals surface area contributed by atoms with Crippen LogP contribution in [0.1, 0.15) is 31.8 Å². The van der Waals surface area contributed by atoms with Crippen LogP contribution in [-0.4, -0.2) is 21.6 Å². The lowest BCUT2D eigenvalue weighted by atomic mass is 9.83. The summed E-state index contributed by atoms with van der Waals surface area (Å²) in [5.74, 6) is -1.67. The van der Waals surface area contributed by atoms with Crippen LogP contribution in [0.15, 0.2) is 33.2 Å². The predicted octanol–water partition coefficient (Wildman–Crippen LogP) is 3.60. The fourth-order valence-corrected chi connectivity index (χ4v) is 3.77. The summed E-state index contributed by atoms with van der Waals surface area (Å²) in [4.78, 5) is 35.6. The van der Waals surface area contributed by atoms with E-state index in [1.165, 1.54) is 24.3 Å². The molecule has 2 aromatic carbocycles. The number of nitro benzene ring substituents is 1. The first-order valence-electron chi connectivity index (χ1n) is 5.92. The van der Waals surface area contributed by atoms with Crippen molar-refractivity contribution >= 4 is 49.1 Å². The van der Waals surface area contributed by atoms with Crippen LogP contribution in [0.5, 0.6) is 5.75 Å². The zero-order valence-electron chi connectivity index (χ0n) is 10.6. The standard InChI is InChI=1S/C14H5Br2NO5/c15-6-4-7(16)13(19)11-10(6)14(20)9-5(12(11)18)2-1-3-8(9)17(21)22/h1-4,19H. The lowest BCUT2D eigenvalue weighted by Gasteiger charge is -2.20. The second kappa shape index (κ2) is 4.99. The van der Waals surface area contributed by atoms with Crippen LogP contribution >= 0.6 is 31.9 Å². The summed E-state index contributed by atoms with van der Waals surface area (Å²) in [6, 6.07) is 5.25. The number of hydrogen-bond acceptors (Lipinski definition) is 5. The molecule has 8 heteroatoms. The van der Waals surface area contributed by atoms with E-state index in [2.05, 4.69) is 31.9 Å². The molecular formula is C14H5Br2NO5. The first-order valence-corrected chi connectivity index (χ1v) is 7.51. The normalized spacial score (nSPS) is 12.8. The van der Waals surface area contributed by atoms with Crippen molar-refractivity contribution in [2.45, 2.75) is 0 Å². The maximum absolute atomic E-state index is 12.7. The monoisotopic (exact) mass is 425 g/mol. The van der Waals surface area contributed by atoms with Crippen LogP contribution in [0.25, 0.3) is 0 Å². The lowest BCUT2D eigenvalue weighted by molar-refractivity contribution is -0.385. The average Bonchev–Trinajstić information content (AvgIpc) is 2.47. The van der Waals surface area contributed by atoms with Crippen LogP contribution in [0, 0.1) is 10.1 Å². The summed E-state index contributed by atoms with van der Waals surface area (Å²) in [6.45, 7) is 0. The maximum Gasteiger partial charge on any atom is 0.281 e. The SMILES string of the molecule is O=C1c2c(cccc2[N+](=O)[O-])C(=O)c2c(O)c(Br)cc(Br)c21. The molecule has 0 spiro atoms. The minimum Gasteiger partial charge on any atom is -0.506 e. The third kappa shape index (κ3) is 1.91.